The van der Waals surface area contributed by atoms with Crippen molar-refractivity contribution in [1.29, 1.82) is 0 Å². The van der Waals surface area contributed by atoms with Gasteiger partial charge in [-0.15, -0.1) is 0 Å². The Morgan fingerprint density at radius 3 is 2.92 bits per heavy atom. The van der Waals surface area contributed by atoms with Crippen LogP contribution in [0.5, 0.6) is 5.75 Å². The number of carbonyl (C=O) groups excluding carboxylic acids is 2. The lowest BCUT2D eigenvalue weighted by atomic mass is 10.1. The summed E-state index contributed by atoms with van der Waals surface area (Å²) in [6.07, 6.45) is 2.69. The molecule has 1 aliphatic rings. The molecule has 0 aliphatic carbocycles. The van der Waals surface area contributed by atoms with Crippen LogP contribution >= 0.6 is 0 Å². The zero-order valence-corrected chi connectivity index (χ0v) is 14.2. The van der Waals surface area contributed by atoms with Crippen molar-refractivity contribution in [2.45, 2.75) is 13.0 Å². The van der Waals surface area contributed by atoms with Gasteiger partial charge in [-0.25, -0.2) is 0 Å². The molecule has 130 valence electrons. The molecule has 2 amide bonds. The largest absolute Gasteiger partial charge is 0.480 e. The van der Waals surface area contributed by atoms with E-state index in [1.54, 1.807) is 25.4 Å². The van der Waals surface area contributed by atoms with Crippen LogP contribution in [0.1, 0.15) is 6.92 Å². The van der Waals surface area contributed by atoms with E-state index in [1.807, 2.05) is 42.5 Å². The second-order valence-electron chi connectivity index (χ2n) is 6.10. The van der Waals surface area contributed by atoms with Crippen LogP contribution in [0.3, 0.4) is 0 Å². The summed E-state index contributed by atoms with van der Waals surface area (Å²) in [4.78, 5) is 30.5. The van der Waals surface area contributed by atoms with E-state index in [9.17, 15) is 9.59 Å². The maximum atomic E-state index is 13.0. The summed E-state index contributed by atoms with van der Waals surface area (Å²) in [5.41, 5.74) is 1.30. The number of para-hydroxylation sites is 2. The predicted octanol–water partition coefficient (Wildman–Crippen LogP) is 2.99. The fourth-order valence-corrected chi connectivity index (χ4v) is 3.09. The van der Waals surface area contributed by atoms with Gasteiger partial charge in [-0.05, 0) is 31.2 Å². The average molecular weight is 347 g/mol. The highest BCUT2D eigenvalue weighted by molar-refractivity contribution is 6.11. The van der Waals surface area contributed by atoms with E-state index in [1.165, 1.54) is 4.90 Å². The molecule has 3 aromatic rings. The van der Waals surface area contributed by atoms with Crippen molar-refractivity contribution >= 4 is 34.0 Å². The minimum Gasteiger partial charge on any atom is -0.480 e. The molecule has 0 spiro atoms. The molecule has 1 aliphatic heterocycles. The van der Waals surface area contributed by atoms with Gasteiger partial charge in [-0.2, -0.15) is 0 Å². The Bertz CT molecular complexity index is 997. The second-order valence-corrected chi connectivity index (χ2v) is 6.10. The van der Waals surface area contributed by atoms with E-state index in [4.69, 9.17) is 4.74 Å². The van der Waals surface area contributed by atoms with Crippen molar-refractivity contribution in [3.05, 3.63) is 60.9 Å². The number of nitrogens with one attached hydrogen (secondary N) is 1. The first kappa shape index (κ1) is 16.1. The molecule has 6 heteroatoms. The normalized spacial score (nSPS) is 14.5. The highest BCUT2D eigenvalue weighted by atomic mass is 16.5. The SMILES string of the molecule is CC(Oc1cccc2cnccc12)C(=O)N1CC(=O)Nc2ccccc21. The van der Waals surface area contributed by atoms with Gasteiger partial charge >= 0.3 is 0 Å². The molecule has 1 atom stereocenters. The molecular formula is C20H17N3O3. The molecule has 26 heavy (non-hydrogen) atoms. The molecule has 2 aromatic carbocycles. The zero-order valence-electron chi connectivity index (χ0n) is 14.2. The number of hydrogen-bond acceptors (Lipinski definition) is 4. The lowest BCUT2D eigenvalue weighted by Gasteiger charge is -2.31. The van der Waals surface area contributed by atoms with Crippen LogP contribution < -0.4 is 15.0 Å². The highest BCUT2D eigenvalue weighted by Crippen LogP contribution is 2.30. The van der Waals surface area contributed by atoms with Crippen molar-refractivity contribution in [2.75, 3.05) is 16.8 Å². The van der Waals surface area contributed by atoms with Crippen molar-refractivity contribution in [3.8, 4) is 5.75 Å². The lowest BCUT2D eigenvalue weighted by molar-refractivity contribution is -0.126. The third-order valence-corrected chi connectivity index (χ3v) is 4.33. The van der Waals surface area contributed by atoms with Gasteiger partial charge in [0.1, 0.15) is 12.3 Å². The Morgan fingerprint density at radius 2 is 2.04 bits per heavy atom. The van der Waals surface area contributed by atoms with Gasteiger partial charge in [0.25, 0.3) is 5.91 Å². The second kappa shape index (κ2) is 6.48. The van der Waals surface area contributed by atoms with E-state index < -0.39 is 6.10 Å². The van der Waals surface area contributed by atoms with Gasteiger partial charge in [0.15, 0.2) is 6.10 Å². The third-order valence-electron chi connectivity index (χ3n) is 4.33. The van der Waals surface area contributed by atoms with Gasteiger partial charge in [0.2, 0.25) is 5.91 Å². The Morgan fingerprint density at radius 1 is 1.19 bits per heavy atom. The number of fused-ring (bicyclic) bond motifs is 2. The fourth-order valence-electron chi connectivity index (χ4n) is 3.09. The standard InChI is InChI=1S/C20H17N3O3/c1-13(26-18-8-4-5-14-11-21-10-9-15(14)18)20(25)23-12-19(24)22-16-6-2-3-7-17(16)23/h2-11,13H,12H2,1H3,(H,22,24). The van der Waals surface area contributed by atoms with Crippen LogP contribution in [0, 0.1) is 0 Å². The highest BCUT2D eigenvalue weighted by Gasteiger charge is 2.30. The van der Waals surface area contributed by atoms with Crippen LogP contribution in [0.2, 0.25) is 0 Å². The van der Waals surface area contributed by atoms with Gasteiger partial charge in [0, 0.05) is 23.2 Å². The van der Waals surface area contributed by atoms with E-state index in [-0.39, 0.29) is 18.4 Å². The first-order valence-electron chi connectivity index (χ1n) is 8.33. The quantitative estimate of drug-likeness (QED) is 0.791. The van der Waals surface area contributed by atoms with Gasteiger partial charge in [-0.1, -0.05) is 24.3 Å². The van der Waals surface area contributed by atoms with E-state index >= 15 is 0 Å². The molecule has 0 fully saturated rings. The maximum Gasteiger partial charge on any atom is 0.268 e. The van der Waals surface area contributed by atoms with Crippen molar-refractivity contribution in [2.24, 2.45) is 0 Å². The molecule has 0 bridgehead atoms. The van der Waals surface area contributed by atoms with Crippen LogP contribution in [0.15, 0.2) is 60.9 Å². The Labute approximate surface area is 150 Å². The Kier molecular flexibility index (Phi) is 4.01. The molecule has 1 unspecified atom stereocenters. The predicted molar refractivity (Wildman–Crippen MR) is 99.3 cm³/mol. The smallest absolute Gasteiger partial charge is 0.268 e. The zero-order chi connectivity index (χ0) is 18.1. The summed E-state index contributed by atoms with van der Waals surface area (Å²) in [7, 11) is 0. The van der Waals surface area contributed by atoms with E-state index in [2.05, 4.69) is 10.3 Å². The van der Waals surface area contributed by atoms with Crippen molar-refractivity contribution in [3.63, 3.8) is 0 Å². The molecule has 0 saturated heterocycles. The van der Waals surface area contributed by atoms with Gasteiger partial charge < -0.3 is 10.1 Å². The minimum atomic E-state index is -0.743. The van der Waals surface area contributed by atoms with Crippen LogP contribution in [-0.2, 0) is 9.59 Å². The molecule has 0 saturated carbocycles. The molecule has 1 aromatic heterocycles. The van der Waals surface area contributed by atoms with Crippen LogP contribution in [0.4, 0.5) is 11.4 Å². The number of aromatic nitrogens is 1. The van der Waals surface area contributed by atoms with E-state index in [0.29, 0.717) is 17.1 Å². The van der Waals surface area contributed by atoms with Crippen LogP contribution in [-0.4, -0.2) is 29.4 Å². The average Bonchev–Trinajstić information content (AvgIpc) is 2.67. The van der Waals surface area contributed by atoms with Gasteiger partial charge in [-0.3, -0.25) is 19.5 Å². The number of hydrogen-bond donors (Lipinski definition) is 1. The maximum absolute atomic E-state index is 13.0. The molecule has 6 nitrogen and oxygen atoms in total. The Balaban J connectivity index is 1.61. The van der Waals surface area contributed by atoms with Crippen molar-refractivity contribution < 1.29 is 14.3 Å². The summed E-state index contributed by atoms with van der Waals surface area (Å²) < 4.78 is 5.94. The first-order valence-corrected chi connectivity index (χ1v) is 8.33. The summed E-state index contributed by atoms with van der Waals surface area (Å²) in [5.74, 6) is 0.124. The molecule has 2 heterocycles. The summed E-state index contributed by atoms with van der Waals surface area (Å²) >= 11 is 0. The number of benzene rings is 2. The first-order chi connectivity index (χ1) is 12.6. The molecule has 1 N–H and O–H groups in total. The number of amides is 2. The summed E-state index contributed by atoms with van der Waals surface area (Å²) in [5, 5.41) is 4.60. The number of rotatable bonds is 3. The number of pyridine rings is 1. The monoisotopic (exact) mass is 347 g/mol. The number of ether oxygens (including phenoxy) is 1. The summed E-state index contributed by atoms with van der Waals surface area (Å²) in [6.45, 7) is 1.67. The number of anilines is 2. The van der Waals surface area contributed by atoms with Crippen LogP contribution in [0.25, 0.3) is 10.8 Å². The molecule has 4 rings (SSSR count). The van der Waals surface area contributed by atoms with E-state index in [0.717, 1.165) is 10.8 Å². The number of carbonyl (C=O) groups is 2. The summed E-state index contributed by atoms with van der Waals surface area (Å²) in [6, 6.07) is 14.7. The third kappa shape index (κ3) is 2.86. The molecular weight excluding hydrogens is 330 g/mol. The minimum absolute atomic E-state index is 0.0248. The molecule has 0 radical (unpaired) electrons. The van der Waals surface area contributed by atoms with Gasteiger partial charge in [0.05, 0.1) is 11.4 Å². The lowest BCUT2D eigenvalue weighted by Crippen LogP contribution is -2.47. The number of nitrogens with zero attached hydrogens (tertiary/aromatic N) is 2. The topological polar surface area (TPSA) is 71.5 Å². The fraction of sp³-hybridized carbons (Fsp3) is 0.150. The Hall–Kier alpha value is -3.41. The van der Waals surface area contributed by atoms with Crippen molar-refractivity contribution in [1.82, 2.24) is 4.98 Å².